The van der Waals surface area contributed by atoms with Crippen LogP contribution in [0.3, 0.4) is 0 Å². The molecule has 4 fully saturated rings. The van der Waals surface area contributed by atoms with Gasteiger partial charge in [-0.3, -0.25) is 4.68 Å². The summed E-state index contributed by atoms with van der Waals surface area (Å²) in [5, 5.41) is 4.89. The normalized spacial score (nSPS) is 38.6. The second-order valence-corrected chi connectivity index (χ2v) is 7.55. The van der Waals surface area contributed by atoms with E-state index in [1.807, 2.05) is 0 Å². The SMILES string of the molecule is Cc1nc(C23CC4CC(CC(C4)C2)C3)nn1CCCN. The van der Waals surface area contributed by atoms with Crippen LogP contribution in [0, 0.1) is 24.7 Å². The van der Waals surface area contributed by atoms with Gasteiger partial charge in [-0.2, -0.15) is 5.10 Å². The topological polar surface area (TPSA) is 56.7 Å². The number of hydrogen-bond donors (Lipinski definition) is 1. The van der Waals surface area contributed by atoms with Crippen LogP contribution >= 0.6 is 0 Å². The molecule has 0 unspecified atom stereocenters. The van der Waals surface area contributed by atoms with Crippen LogP contribution in [0.15, 0.2) is 0 Å². The Labute approximate surface area is 121 Å². The van der Waals surface area contributed by atoms with Crippen molar-refractivity contribution in [1.29, 1.82) is 0 Å². The lowest BCUT2D eigenvalue weighted by atomic mass is 9.49. The maximum atomic E-state index is 5.62. The first-order valence-electron chi connectivity index (χ1n) is 8.30. The summed E-state index contributed by atoms with van der Waals surface area (Å²) in [4.78, 5) is 4.86. The van der Waals surface area contributed by atoms with Gasteiger partial charge in [0.25, 0.3) is 0 Å². The molecule has 0 atom stereocenters. The number of nitrogens with two attached hydrogens (primary N) is 1. The lowest BCUT2D eigenvalue weighted by Crippen LogP contribution is -2.49. The molecule has 0 aliphatic heterocycles. The van der Waals surface area contributed by atoms with Crippen LogP contribution in [-0.2, 0) is 12.0 Å². The summed E-state index contributed by atoms with van der Waals surface area (Å²) in [5.74, 6) is 5.10. The first-order chi connectivity index (χ1) is 9.68. The highest BCUT2D eigenvalue weighted by Gasteiger charge is 2.53. The number of hydrogen-bond acceptors (Lipinski definition) is 3. The molecule has 0 aromatic carbocycles. The Morgan fingerprint density at radius 2 is 1.75 bits per heavy atom. The standard InChI is InChI=1S/C16H26N4/c1-11-18-15(19-20(11)4-2-3-17)16-8-12-5-13(9-16)7-14(6-12)10-16/h12-14H,2-10,17H2,1H3. The van der Waals surface area contributed by atoms with E-state index in [0.717, 1.165) is 48.9 Å². The van der Waals surface area contributed by atoms with E-state index in [1.165, 1.54) is 38.5 Å². The van der Waals surface area contributed by atoms with E-state index in [1.54, 1.807) is 0 Å². The molecule has 4 aliphatic carbocycles. The van der Waals surface area contributed by atoms with Crippen LogP contribution < -0.4 is 5.73 Å². The second kappa shape index (κ2) is 4.55. The molecule has 4 nitrogen and oxygen atoms in total. The van der Waals surface area contributed by atoms with Gasteiger partial charge < -0.3 is 5.73 Å². The molecule has 0 amide bonds. The third kappa shape index (κ3) is 1.92. The fourth-order valence-corrected chi connectivity index (χ4v) is 5.48. The van der Waals surface area contributed by atoms with Crippen molar-refractivity contribution in [2.45, 2.75) is 63.8 Å². The van der Waals surface area contributed by atoms with E-state index in [4.69, 9.17) is 15.8 Å². The maximum absolute atomic E-state index is 5.62. The molecule has 4 heteroatoms. The number of aryl methyl sites for hydroxylation is 2. The lowest BCUT2D eigenvalue weighted by molar-refractivity contribution is -0.00946. The minimum absolute atomic E-state index is 0.327. The Balaban J connectivity index is 1.63. The van der Waals surface area contributed by atoms with Crippen molar-refractivity contribution in [2.75, 3.05) is 6.54 Å². The van der Waals surface area contributed by atoms with Crippen molar-refractivity contribution in [2.24, 2.45) is 23.5 Å². The molecule has 4 aliphatic rings. The van der Waals surface area contributed by atoms with Gasteiger partial charge in [0.2, 0.25) is 0 Å². The molecule has 0 spiro atoms. The summed E-state index contributed by atoms with van der Waals surface area (Å²) >= 11 is 0. The average Bonchev–Trinajstić information content (AvgIpc) is 2.77. The minimum Gasteiger partial charge on any atom is -0.330 e. The zero-order valence-electron chi connectivity index (χ0n) is 12.5. The molecule has 1 heterocycles. The van der Waals surface area contributed by atoms with Crippen LogP contribution in [0.5, 0.6) is 0 Å². The van der Waals surface area contributed by atoms with E-state index in [2.05, 4.69) is 11.6 Å². The molecule has 110 valence electrons. The van der Waals surface area contributed by atoms with Gasteiger partial charge in [0.1, 0.15) is 5.82 Å². The first-order valence-corrected chi connectivity index (χ1v) is 8.30. The molecule has 20 heavy (non-hydrogen) atoms. The van der Waals surface area contributed by atoms with Crippen LogP contribution in [0.25, 0.3) is 0 Å². The molecule has 1 aromatic rings. The summed E-state index contributed by atoms with van der Waals surface area (Å²) in [6, 6.07) is 0. The van der Waals surface area contributed by atoms with Crippen molar-refractivity contribution < 1.29 is 0 Å². The molecule has 2 N–H and O–H groups in total. The van der Waals surface area contributed by atoms with Gasteiger partial charge >= 0.3 is 0 Å². The highest BCUT2D eigenvalue weighted by molar-refractivity contribution is 5.17. The zero-order chi connectivity index (χ0) is 13.7. The third-order valence-electron chi connectivity index (χ3n) is 5.94. The molecule has 4 saturated carbocycles. The van der Waals surface area contributed by atoms with E-state index < -0.39 is 0 Å². The number of nitrogens with zero attached hydrogens (tertiary/aromatic N) is 3. The van der Waals surface area contributed by atoms with E-state index in [-0.39, 0.29) is 0 Å². The Morgan fingerprint density at radius 3 is 2.30 bits per heavy atom. The summed E-state index contributed by atoms with van der Waals surface area (Å²) in [6.07, 6.45) is 9.47. The van der Waals surface area contributed by atoms with Crippen LogP contribution in [0.1, 0.15) is 56.6 Å². The first kappa shape index (κ1) is 12.8. The summed E-state index contributed by atoms with van der Waals surface area (Å²) in [6.45, 7) is 3.74. The molecular formula is C16H26N4. The van der Waals surface area contributed by atoms with Crippen molar-refractivity contribution in [3.8, 4) is 0 Å². The Kier molecular flexibility index (Phi) is 2.92. The van der Waals surface area contributed by atoms with Gasteiger partial charge in [-0.05, 0) is 76.2 Å². The highest BCUT2D eigenvalue weighted by atomic mass is 15.3. The summed E-state index contributed by atoms with van der Waals surface area (Å²) < 4.78 is 2.08. The minimum atomic E-state index is 0.327. The van der Waals surface area contributed by atoms with E-state index in [0.29, 0.717) is 5.41 Å². The monoisotopic (exact) mass is 274 g/mol. The molecule has 4 bridgehead atoms. The average molecular weight is 274 g/mol. The Bertz CT molecular complexity index is 469. The van der Waals surface area contributed by atoms with Gasteiger partial charge in [0.05, 0.1) is 0 Å². The molecule has 1 aromatic heterocycles. The zero-order valence-corrected chi connectivity index (χ0v) is 12.5. The lowest BCUT2D eigenvalue weighted by Gasteiger charge is -2.55. The largest absolute Gasteiger partial charge is 0.330 e. The fourth-order valence-electron chi connectivity index (χ4n) is 5.48. The van der Waals surface area contributed by atoms with E-state index >= 15 is 0 Å². The van der Waals surface area contributed by atoms with Crippen LogP contribution in [-0.4, -0.2) is 21.3 Å². The number of aromatic nitrogens is 3. The van der Waals surface area contributed by atoms with E-state index in [9.17, 15) is 0 Å². The van der Waals surface area contributed by atoms with Gasteiger partial charge in [-0.1, -0.05) is 0 Å². The fraction of sp³-hybridized carbons (Fsp3) is 0.875. The van der Waals surface area contributed by atoms with Gasteiger partial charge in [-0.25, -0.2) is 4.98 Å². The Morgan fingerprint density at radius 1 is 1.15 bits per heavy atom. The summed E-state index contributed by atoms with van der Waals surface area (Å²) in [5.41, 5.74) is 5.94. The molecule has 0 saturated heterocycles. The quantitative estimate of drug-likeness (QED) is 0.917. The molecule has 5 rings (SSSR count). The van der Waals surface area contributed by atoms with Gasteiger partial charge in [0, 0.05) is 12.0 Å². The second-order valence-electron chi connectivity index (χ2n) is 7.55. The van der Waals surface area contributed by atoms with Crippen molar-refractivity contribution in [3.05, 3.63) is 11.6 Å². The van der Waals surface area contributed by atoms with Crippen molar-refractivity contribution in [3.63, 3.8) is 0 Å². The van der Waals surface area contributed by atoms with Gasteiger partial charge in [0.15, 0.2) is 5.82 Å². The molecular weight excluding hydrogens is 248 g/mol. The predicted octanol–water partition coefficient (Wildman–Crippen LogP) is 2.40. The smallest absolute Gasteiger partial charge is 0.157 e. The maximum Gasteiger partial charge on any atom is 0.157 e. The van der Waals surface area contributed by atoms with Crippen molar-refractivity contribution >= 4 is 0 Å². The molecule has 0 radical (unpaired) electrons. The van der Waals surface area contributed by atoms with Crippen LogP contribution in [0.4, 0.5) is 0 Å². The van der Waals surface area contributed by atoms with Crippen molar-refractivity contribution in [1.82, 2.24) is 14.8 Å². The van der Waals surface area contributed by atoms with Gasteiger partial charge in [-0.15, -0.1) is 0 Å². The summed E-state index contributed by atoms with van der Waals surface area (Å²) in [7, 11) is 0. The third-order valence-corrected chi connectivity index (χ3v) is 5.94. The Hall–Kier alpha value is -0.900. The highest BCUT2D eigenvalue weighted by Crippen LogP contribution is 2.60. The van der Waals surface area contributed by atoms with Crippen LogP contribution in [0.2, 0.25) is 0 Å². The predicted molar refractivity (Wildman–Crippen MR) is 78.3 cm³/mol. The number of rotatable bonds is 4.